The standard InChI is InChI=1S/C19H19N3O4/c1-12(23)21-17-10-15(6-9-18(17)25-3)19(26-13(2)24)22-16-7-4-14(11-20)5-8-16/h4-10,19,22H,1-3H3,(H,21,23). The molecule has 0 aromatic heterocycles. The Morgan fingerprint density at radius 1 is 1.12 bits per heavy atom. The minimum Gasteiger partial charge on any atom is -0.495 e. The maximum absolute atomic E-state index is 11.5. The molecule has 0 radical (unpaired) electrons. The molecular formula is C19H19N3O4. The number of carbonyl (C=O) groups excluding carboxylic acids is 2. The molecule has 0 bridgehead atoms. The van der Waals surface area contributed by atoms with E-state index in [1.807, 2.05) is 6.07 Å². The molecular weight excluding hydrogens is 334 g/mol. The third-order valence-electron chi connectivity index (χ3n) is 3.43. The van der Waals surface area contributed by atoms with Crippen molar-refractivity contribution in [3.05, 3.63) is 53.6 Å². The third kappa shape index (κ3) is 4.98. The number of esters is 1. The van der Waals surface area contributed by atoms with Crippen LogP contribution < -0.4 is 15.4 Å². The van der Waals surface area contributed by atoms with Crippen molar-refractivity contribution in [1.29, 1.82) is 5.26 Å². The second-order valence-corrected chi connectivity index (χ2v) is 5.46. The third-order valence-corrected chi connectivity index (χ3v) is 3.43. The molecule has 0 saturated carbocycles. The second-order valence-electron chi connectivity index (χ2n) is 5.46. The molecule has 7 heteroatoms. The van der Waals surface area contributed by atoms with E-state index in [9.17, 15) is 9.59 Å². The van der Waals surface area contributed by atoms with Gasteiger partial charge in [-0.3, -0.25) is 9.59 Å². The van der Waals surface area contributed by atoms with Gasteiger partial charge in [-0.1, -0.05) is 0 Å². The number of carbonyl (C=O) groups is 2. The van der Waals surface area contributed by atoms with Gasteiger partial charge in [0.05, 0.1) is 24.4 Å². The van der Waals surface area contributed by atoms with Gasteiger partial charge in [-0.25, -0.2) is 0 Å². The zero-order valence-corrected chi connectivity index (χ0v) is 14.7. The summed E-state index contributed by atoms with van der Waals surface area (Å²) in [4.78, 5) is 22.9. The quantitative estimate of drug-likeness (QED) is 0.611. The Bertz CT molecular complexity index is 841. The Morgan fingerprint density at radius 3 is 2.35 bits per heavy atom. The van der Waals surface area contributed by atoms with Crippen LogP contribution in [0.2, 0.25) is 0 Å². The maximum Gasteiger partial charge on any atom is 0.304 e. The lowest BCUT2D eigenvalue weighted by molar-refractivity contribution is -0.145. The van der Waals surface area contributed by atoms with E-state index in [-0.39, 0.29) is 5.91 Å². The van der Waals surface area contributed by atoms with E-state index in [1.54, 1.807) is 42.5 Å². The van der Waals surface area contributed by atoms with E-state index >= 15 is 0 Å². The van der Waals surface area contributed by atoms with Gasteiger partial charge in [-0.05, 0) is 42.5 Å². The Hall–Kier alpha value is -3.53. The highest BCUT2D eigenvalue weighted by Gasteiger charge is 2.17. The molecule has 26 heavy (non-hydrogen) atoms. The Balaban J connectivity index is 2.34. The van der Waals surface area contributed by atoms with Gasteiger partial charge in [0.25, 0.3) is 0 Å². The predicted octanol–water partition coefficient (Wildman–Crippen LogP) is 3.20. The van der Waals surface area contributed by atoms with Gasteiger partial charge in [0.15, 0.2) is 6.23 Å². The van der Waals surface area contributed by atoms with Crippen LogP contribution in [-0.2, 0) is 14.3 Å². The molecule has 1 unspecified atom stereocenters. The number of amides is 1. The minimum atomic E-state index is -0.779. The highest BCUT2D eigenvalue weighted by Crippen LogP contribution is 2.30. The fraction of sp³-hybridized carbons (Fsp3) is 0.211. The SMILES string of the molecule is COc1ccc(C(Nc2ccc(C#N)cc2)OC(C)=O)cc1NC(C)=O. The number of hydrogen-bond donors (Lipinski definition) is 2. The minimum absolute atomic E-state index is 0.246. The van der Waals surface area contributed by atoms with Crippen LogP contribution in [0.4, 0.5) is 11.4 Å². The smallest absolute Gasteiger partial charge is 0.304 e. The highest BCUT2D eigenvalue weighted by atomic mass is 16.6. The molecule has 0 spiro atoms. The van der Waals surface area contributed by atoms with Crippen LogP contribution in [0.15, 0.2) is 42.5 Å². The van der Waals surface area contributed by atoms with Crippen LogP contribution in [0.3, 0.4) is 0 Å². The normalized spacial score (nSPS) is 11.0. The summed E-state index contributed by atoms with van der Waals surface area (Å²) in [6, 6.07) is 13.9. The van der Waals surface area contributed by atoms with Crippen molar-refractivity contribution in [3.63, 3.8) is 0 Å². The summed E-state index contributed by atoms with van der Waals surface area (Å²) < 4.78 is 10.6. The molecule has 2 rings (SSSR count). The fourth-order valence-corrected chi connectivity index (χ4v) is 2.32. The number of rotatable bonds is 6. The van der Waals surface area contributed by atoms with Gasteiger partial charge in [0.2, 0.25) is 5.91 Å². The summed E-state index contributed by atoms with van der Waals surface area (Å²) in [7, 11) is 1.50. The number of nitrogens with zero attached hydrogens (tertiary/aromatic N) is 1. The van der Waals surface area contributed by atoms with Crippen LogP contribution >= 0.6 is 0 Å². The lowest BCUT2D eigenvalue weighted by Gasteiger charge is -2.21. The maximum atomic E-state index is 11.5. The van der Waals surface area contributed by atoms with Crippen molar-refractivity contribution in [1.82, 2.24) is 0 Å². The lowest BCUT2D eigenvalue weighted by atomic mass is 10.1. The van der Waals surface area contributed by atoms with Gasteiger partial charge in [-0.15, -0.1) is 0 Å². The van der Waals surface area contributed by atoms with E-state index in [1.165, 1.54) is 21.0 Å². The second kappa shape index (κ2) is 8.53. The van der Waals surface area contributed by atoms with Crippen molar-refractivity contribution in [2.24, 2.45) is 0 Å². The van der Waals surface area contributed by atoms with E-state index in [4.69, 9.17) is 14.7 Å². The van der Waals surface area contributed by atoms with Crippen molar-refractivity contribution < 1.29 is 19.1 Å². The molecule has 1 amide bonds. The number of benzene rings is 2. The topological polar surface area (TPSA) is 100 Å². The van der Waals surface area contributed by atoms with Gasteiger partial charge < -0.3 is 20.1 Å². The van der Waals surface area contributed by atoms with E-state index < -0.39 is 12.2 Å². The van der Waals surface area contributed by atoms with Crippen molar-refractivity contribution in [3.8, 4) is 11.8 Å². The first kappa shape index (κ1) is 18.8. The molecule has 0 aliphatic rings. The van der Waals surface area contributed by atoms with Crippen LogP contribution in [0.1, 0.15) is 31.2 Å². The predicted molar refractivity (Wildman–Crippen MR) is 96.6 cm³/mol. The zero-order valence-electron chi connectivity index (χ0n) is 14.7. The number of nitriles is 1. The molecule has 2 aromatic carbocycles. The molecule has 2 N–H and O–H groups in total. The Morgan fingerprint density at radius 2 is 1.81 bits per heavy atom. The van der Waals surface area contributed by atoms with Crippen molar-refractivity contribution in [2.45, 2.75) is 20.1 Å². The lowest BCUT2D eigenvalue weighted by Crippen LogP contribution is -2.18. The molecule has 0 fully saturated rings. The summed E-state index contributed by atoms with van der Waals surface area (Å²) in [5, 5.41) is 14.6. The summed E-state index contributed by atoms with van der Waals surface area (Å²) in [5.74, 6) is -0.221. The van der Waals surface area contributed by atoms with Crippen LogP contribution in [-0.4, -0.2) is 19.0 Å². The molecule has 0 saturated heterocycles. The first-order chi connectivity index (χ1) is 12.4. The summed E-state index contributed by atoms with van der Waals surface area (Å²) in [6.45, 7) is 2.70. The molecule has 0 aliphatic heterocycles. The molecule has 2 aromatic rings. The average molecular weight is 353 g/mol. The van der Waals surface area contributed by atoms with Gasteiger partial charge >= 0.3 is 5.97 Å². The fourth-order valence-electron chi connectivity index (χ4n) is 2.32. The van der Waals surface area contributed by atoms with Crippen molar-refractivity contribution in [2.75, 3.05) is 17.7 Å². The highest BCUT2D eigenvalue weighted by molar-refractivity contribution is 5.90. The average Bonchev–Trinajstić information content (AvgIpc) is 2.61. The van der Waals surface area contributed by atoms with E-state index in [2.05, 4.69) is 10.6 Å². The van der Waals surface area contributed by atoms with Crippen LogP contribution in [0.25, 0.3) is 0 Å². The Labute approximate surface area is 151 Å². The van der Waals surface area contributed by atoms with Crippen LogP contribution in [0, 0.1) is 11.3 Å². The first-order valence-electron chi connectivity index (χ1n) is 7.82. The van der Waals surface area contributed by atoms with Gasteiger partial charge in [0, 0.05) is 25.1 Å². The summed E-state index contributed by atoms with van der Waals surface area (Å²) >= 11 is 0. The summed E-state index contributed by atoms with van der Waals surface area (Å²) in [5.41, 5.74) is 2.29. The molecule has 1 atom stereocenters. The number of methoxy groups -OCH3 is 1. The molecule has 7 nitrogen and oxygen atoms in total. The summed E-state index contributed by atoms with van der Waals surface area (Å²) in [6.07, 6.45) is -0.779. The molecule has 0 aliphatic carbocycles. The zero-order chi connectivity index (χ0) is 19.1. The number of anilines is 2. The van der Waals surface area contributed by atoms with Gasteiger partial charge in [0.1, 0.15) is 5.75 Å². The monoisotopic (exact) mass is 353 g/mol. The number of nitrogens with one attached hydrogen (secondary N) is 2. The Kier molecular flexibility index (Phi) is 6.17. The number of hydrogen-bond acceptors (Lipinski definition) is 6. The van der Waals surface area contributed by atoms with E-state index in [0.29, 0.717) is 28.3 Å². The molecule has 134 valence electrons. The largest absolute Gasteiger partial charge is 0.495 e. The van der Waals surface area contributed by atoms with E-state index in [0.717, 1.165) is 0 Å². The molecule has 0 heterocycles. The van der Waals surface area contributed by atoms with Gasteiger partial charge in [-0.2, -0.15) is 5.26 Å². The van der Waals surface area contributed by atoms with Crippen LogP contribution in [0.5, 0.6) is 5.75 Å². The first-order valence-corrected chi connectivity index (χ1v) is 7.82. The number of ether oxygens (including phenoxy) is 2. The van der Waals surface area contributed by atoms with Crippen molar-refractivity contribution >= 4 is 23.3 Å².